The molecule has 0 radical (unpaired) electrons. The highest BCUT2D eigenvalue weighted by atomic mass is 16.7. The minimum absolute atomic E-state index is 0.104. The van der Waals surface area contributed by atoms with Crippen molar-refractivity contribution in [3.05, 3.63) is 59.7 Å². The van der Waals surface area contributed by atoms with Gasteiger partial charge in [0.05, 0.1) is 7.11 Å². The molecule has 3 rings (SSSR count). The van der Waals surface area contributed by atoms with Crippen molar-refractivity contribution in [1.82, 2.24) is 5.32 Å². The summed E-state index contributed by atoms with van der Waals surface area (Å²) in [7, 11) is 1.65. The topological polar surface area (TPSA) is 56.8 Å². The fourth-order valence-electron chi connectivity index (χ4n) is 2.54. The van der Waals surface area contributed by atoms with Crippen LogP contribution in [-0.2, 0) is 11.2 Å². The third-order valence-electron chi connectivity index (χ3n) is 3.92. The summed E-state index contributed by atoms with van der Waals surface area (Å²) in [5.74, 6) is 2.19. The Hall–Kier alpha value is -2.95. The number of carbonyl (C=O) groups excluding carboxylic acids is 1. The number of hydrogen-bond acceptors (Lipinski definition) is 4. The standard InChI is InChI=1S/C20H21NO4/c1-23-17-8-4-15(5-9-17)3-2-12-21-20(22)11-7-16-6-10-18-19(13-16)25-14-24-18/h4-11,13H,2-3,12,14H2,1H3,(H,21,22)/b11-7+. The van der Waals surface area contributed by atoms with Crippen molar-refractivity contribution < 1.29 is 19.0 Å². The summed E-state index contributed by atoms with van der Waals surface area (Å²) in [6, 6.07) is 13.6. The monoisotopic (exact) mass is 339 g/mol. The molecule has 2 aromatic rings. The minimum atomic E-state index is -0.104. The number of benzene rings is 2. The SMILES string of the molecule is COc1ccc(CCCNC(=O)/C=C/c2ccc3c(c2)OCO3)cc1. The number of fused-ring (bicyclic) bond motifs is 1. The molecule has 5 nitrogen and oxygen atoms in total. The normalized spacial score (nSPS) is 12.4. The van der Waals surface area contributed by atoms with Crippen molar-refractivity contribution in [3.63, 3.8) is 0 Å². The summed E-state index contributed by atoms with van der Waals surface area (Å²) >= 11 is 0. The molecule has 2 aromatic carbocycles. The van der Waals surface area contributed by atoms with E-state index in [1.807, 2.05) is 42.5 Å². The number of nitrogens with one attached hydrogen (secondary N) is 1. The van der Waals surface area contributed by atoms with Gasteiger partial charge in [-0.25, -0.2) is 0 Å². The highest BCUT2D eigenvalue weighted by Crippen LogP contribution is 2.32. The van der Waals surface area contributed by atoms with E-state index < -0.39 is 0 Å². The second-order valence-electron chi connectivity index (χ2n) is 5.69. The molecule has 25 heavy (non-hydrogen) atoms. The van der Waals surface area contributed by atoms with E-state index in [1.54, 1.807) is 13.2 Å². The Bertz CT molecular complexity index is 753. The van der Waals surface area contributed by atoms with Crippen molar-refractivity contribution in [2.75, 3.05) is 20.4 Å². The van der Waals surface area contributed by atoms with Gasteiger partial charge in [-0.2, -0.15) is 0 Å². The molecule has 5 heteroatoms. The van der Waals surface area contributed by atoms with Crippen molar-refractivity contribution in [2.24, 2.45) is 0 Å². The van der Waals surface area contributed by atoms with Crippen LogP contribution in [0.1, 0.15) is 17.5 Å². The van der Waals surface area contributed by atoms with Crippen LogP contribution >= 0.6 is 0 Å². The molecular formula is C20H21NO4. The van der Waals surface area contributed by atoms with Gasteiger partial charge in [-0.3, -0.25) is 4.79 Å². The van der Waals surface area contributed by atoms with Gasteiger partial charge >= 0.3 is 0 Å². The molecule has 0 aromatic heterocycles. The van der Waals surface area contributed by atoms with Crippen LogP contribution in [0.25, 0.3) is 6.08 Å². The Morgan fingerprint density at radius 3 is 2.76 bits per heavy atom. The fraction of sp³-hybridized carbons (Fsp3) is 0.250. The van der Waals surface area contributed by atoms with E-state index in [0.717, 1.165) is 29.9 Å². The van der Waals surface area contributed by atoms with Gasteiger partial charge in [0.2, 0.25) is 12.7 Å². The van der Waals surface area contributed by atoms with Gasteiger partial charge in [0.25, 0.3) is 0 Å². The van der Waals surface area contributed by atoms with Crippen LogP contribution in [-0.4, -0.2) is 26.4 Å². The summed E-state index contributed by atoms with van der Waals surface area (Å²) in [5.41, 5.74) is 2.13. The first-order valence-electron chi connectivity index (χ1n) is 8.23. The Balaban J connectivity index is 1.40. The Kier molecular flexibility index (Phi) is 5.57. The number of aryl methyl sites for hydroxylation is 1. The third kappa shape index (κ3) is 4.76. The Labute approximate surface area is 147 Å². The summed E-state index contributed by atoms with van der Waals surface area (Å²) in [6.45, 7) is 0.882. The average molecular weight is 339 g/mol. The molecule has 0 aliphatic carbocycles. The molecule has 1 heterocycles. The maximum atomic E-state index is 11.9. The van der Waals surface area contributed by atoms with E-state index >= 15 is 0 Å². The van der Waals surface area contributed by atoms with Crippen molar-refractivity contribution in [3.8, 4) is 17.2 Å². The van der Waals surface area contributed by atoms with Crippen LogP contribution in [0.3, 0.4) is 0 Å². The van der Waals surface area contributed by atoms with Crippen LogP contribution in [0.4, 0.5) is 0 Å². The lowest BCUT2D eigenvalue weighted by Crippen LogP contribution is -2.22. The fourth-order valence-corrected chi connectivity index (χ4v) is 2.54. The van der Waals surface area contributed by atoms with Crippen LogP contribution in [0.2, 0.25) is 0 Å². The molecule has 0 bridgehead atoms. The molecule has 1 aliphatic heterocycles. The molecule has 0 unspecified atom stereocenters. The van der Waals surface area contributed by atoms with Gasteiger partial charge in [0, 0.05) is 12.6 Å². The van der Waals surface area contributed by atoms with E-state index in [1.165, 1.54) is 11.6 Å². The average Bonchev–Trinajstić information content (AvgIpc) is 3.12. The Morgan fingerprint density at radius 1 is 1.16 bits per heavy atom. The Morgan fingerprint density at radius 2 is 1.96 bits per heavy atom. The summed E-state index contributed by atoms with van der Waals surface area (Å²) in [6.07, 6.45) is 5.10. The molecule has 0 saturated carbocycles. The molecule has 1 aliphatic rings. The number of amides is 1. The molecule has 1 N–H and O–H groups in total. The number of carbonyl (C=O) groups is 1. The quantitative estimate of drug-likeness (QED) is 0.622. The lowest BCUT2D eigenvalue weighted by molar-refractivity contribution is -0.116. The first-order valence-corrected chi connectivity index (χ1v) is 8.23. The highest BCUT2D eigenvalue weighted by Gasteiger charge is 2.12. The first kappa shape index (κ1) is 16.9. The van der Waals surface area contributed by atoms with Crippen LogP contribution in [0.15, 0.2) is 48.5 Å². The zero-order valence-electron chi connectivity index (χ0n) is 14.2. The molecule has 0 fully saturated rings. The highest BCUT2D eigenvalue weighted by molar-refractivity contribution is 5.91. The zero-order chi connectivity index (χ0) is 17.5. The number of ether oxygens (including phenoxy) is 3. The van der Waals surface area contributed by atoms with Crippen molar-refractivity contribution in [1.29, 1.82) is 0 Å². The molecule has 130 valence electrons. The van der Waals surface area contributed by atoms with E-state index in [9.17, 15) is 4.79 Å². The lowest BCUT2D eigenvalue weighted by Gasteiger charge is -2.04. The van der Waals surface area contributed by atoms with Crippen molar-refractivity contribution >= 4 is 12.0 Å². The summed E-state index contributed by atoms with van der Waals surface area (Å²) < 4.78 is 15.7. The molecule has 0 saturated heterocycles. The van der Waals surface area contributed by atoms with Crippen LogP contribution in [0.5, 0.6) is 17.2 Å². The van der Waals surface area contributed by atoms with Crippen LogP contribution < -0.4 is 19.5 Å². The molecular weight excluding hydrogens is 318 g/mol. The predicted octanol–water partition coefficient (Wildman–Crippen LogP) is 3.19. The number of methoxy groups -OCH3 is 1. The lowest BCUT2D eigenvalue weighted by atomic mass is 10.1. The first-order chi connectivity index (χ1) is 12.2. The second kappa shape index (κ2) is 8.24. The maximum absolute atomic E-state index is 11.9. The van der Waals surface area contributed by atoms with Gasteiger partial charge in [-0.1, -0.05) is 18.2 Å². The van der Waals surface area contributed by atoms with Gasteiger partial charge < -0.3 is 19.5 Å². The minimum Gasteiger partial charge on any atom is -0.497 e. The molecule has 0 spiro atoms. The molecule has 1 amide bonds. The second-order valence-corrected chi connectivity index (χ2v) is 5.69. The van der Waals surface area contributed by atoms with Gasteiger partial charge in [-0.05, 0) is 54.3 Å². The number of rotatable bonds is 7. The zero-order valence-corrected chi connectivity index (χ0v) is 14.2. The number of hydrogen-bond donors (Lipinski definition) is 1. The van der Waals surface area contributed by atoms with Crippen LogP contribution in [0, 0.1) is 0 Å². The van der Waals surface area contributed by atoms with E-state index in [4.69, 9.17) is 14.2 Å². The largest absolute Gasteiger partial charge is 0.497 e. The van der Waals surface area contributed by atoms with Gasteiger partial charge in [-0.15, -0.1) is 0 Å². The van der Waals surface area contributed by atoms with E-state index in [-0.39, 0.29) is 12.7 Å². The third-order valence-corrected chi connectivity index (χ3v) is 3.92. The predicted molar refractivity (Wildman–Crippen MR) is 95.9 cm³/mol. The van der Waals surface area contributed by atoms with Crippen molar-refractivity contribution in [2.45, 2.75) is 12.8 Å². The van der Waals surface area contributed by atoms with E-state index in [0.29, 0.717) is 12.3 Å². The summed E-state index contributed by atoms with van der Waals surface area (Å²) in [5, 5.41) is 2.89. The summed E-state index contributed by atoms with van der Waals surface area (Å²) in [4.78, 5) is 11.9. The molecule has 0 atom stereocenters. The van der Waals surface area contributed by atoms with Gasteiger partial charge in [0.1, 0.15) is 5.75 Å². The maximum Gasteiger partial charge on any atom is 0.243 e. The van der Waals surface area contributed by atoms with E-state index in [2.05, 4.69) is 5.32 Å². The smallest absolute Gasteiger partial charge is 0.243 e. The van der Waals surface area contributed by atoms with Gasteiger partial charge in [0.15, 0.2) is 11.5 Å².